The largest absolute Gasteiger partial charge is 0.416 e. The van der Waals surface area contributed by atoms with Gasteiger partial charge in [-0.15, -0.1) is 0 Å². The highest BCUT2D eigenvalue weighted by atomic mass is 19.4. The fourth-order valence-electron chi connectivity index (χ4n) is 3.60. The predicted octanol–water partition coefficient (Wildman–Crippen LogP) is 4.96. The summed E-state index contributed by atoms with van der Waals surface area (Å²) >= 11 is 0. The molecule has 32 heavy (non-hydrogen) atoms. The molecule has 0 bridgehead atoms. The molecule has 0 unspecified atom stereocenters. The highest BCUT2D eigenvalue weighted by Gasteiger charge is 2.30. The van der Waals surface area contributed by atoms with Crippen molar-refractivity contribution in [1.82, 2.24) is 14.9 Å². The van der Waals surface area contributed by atoms with E-state index in [4.69, 9.17) is 4.74 Å². The molecule has 0 spiro atoms. The number of hydrogen-bond acceptors (Lipinski definition) is 5. The lowest BCUT2D eigenvalue weighted by molar-refractivity contribution is -0.137. The van der Waals surface area contributed by atoms with Crippen LogP contribution in [0.3, 0.4) is 0 Å². The minimum atomic E-state index is -4.41. The van der Waals surface area contributed by atoms with Gasteiger partial charge in [-0.2, -0.15) is 13.2 Å². The quantitative estimate of drug-likeness (QED) is 0.524. The maximum atomic E-state index is 13.2. The van der Waals surface area contributed by atoms with Crippen LogP contribution in [0.5, 0.6) is 0 Å². The van der Waals surface area contributed by atoms with E-state index in [0.717, 1.165) is 57.0 Å². The normalized spacial score (nSPS) is 15.0. The number of aromatic nitrogens is 2. The third kappa shape index (κ3) is 5.83. The number of alkyl halides is 3. The van der Waals surface area contributed by atoms with E-state index in [1.165, 1.54) is 6.07 Å². The lowest BCUT2D eigenvalue weighted by Crippen LogP contribution is -2.37. The summed E-state index contributed by atoms with van der Waals surface area (Å²) in [7, 11) is 0. The molecule has 1 saturated heterocycles. The van der Waals surface area contributed by atoms with Gasteiger partial charge in [0.2, 0.25) is 0 Å². The van der Waals surface area contributed by atoms with Gasteiger partial charge in [0.15, 0.2) is 5.82 Å². The van der Waals surface area contributed by atoms with Crippen LogP contribution in [-0.4, -0.2) is 54.3 Å². The van der Waals surface area contributed by atoms with Crippen LogP contribution in [0.2, 0.25) is 0 Å². The van der Waals surface area contributed by atoms with Crippen LogP contribution in [0.4, 0.5) is 19.0 Å². The Balaban J connectivity index is 1.56. The van der Waals surface area contributed by atoms with E-state index in [1.807, 2.05) is 30.3 Å². The summed E-state index contributed by atoms with van der Waals surface area (Å²) in [6.07, 6.45) is -3.49. The maximum Gasteiger partial charge on any atom is 0.416 e. The summed E-state index contributed by atoms with van der Waals surface area (Å²) in [5.74, 6) is 1.06. The van der Waals surface area contributed by atoms with Gasteiger partial charge in [0.05, 0.1) is 24.5 Å². The number of nitrogens with zero attached hydrogens (tertiary/aromatic N) is 3. The molecule has 0 saturated carbocycles. The summed E-state index contributed by atoms with van der Waals surface area (Å²) in [6, 6.07) is 16.3. The first-order chi connectivity index (χ1) is 15.5. The zero-order valence-electron chi connectivity index (χ0n) is 17.6. The summed E-state index contributed by atoms with van der Waals surface area (Å²) in [6.45, 7) is 5.05. The molecule has 1 fully saturated rings. The van der Waals surface area contributed by atoms with E-state index in [9.17, 15) is 13.2 Å². The number of halogens is 3. The second-order valence-electron chi connectivity index (χ2n) is 7.64. The van der Waals surface area contributed by atoms with Crippen molar-refractivity contribution in [2.75, 3.05) is 44.7 Å². The van der Waals surface area contributed by atoms with Crippen molar-refractivity contribution < 1.29 is 17.9 Å². The molecule has 1 aliphatic rings. The van der Waals surface area contributed by atoms with Crippen LogP contribution in [0, 0.1) is 0 Å². The first-order valence-corrected chi connectivity index (χ1v) is 10.7. The Hall–Kier alpha value is -2.97. The molecular formula is C24H25F3N4O. The Labute approximate surface area is 185 Å². The topological polar surface area (TPSA) is 50.3 Å². The molecule has 2 heterocycles. The van der Waals surface area contributed by atoms with Crippen molar-refractivity contribution >= 4 is 5.82 Å². The van der Waals surface area contributed by atoms with Gasteiger partial charge in [0.25, 0.3) is 0 Å². The molecule has 1 aromatic heterocycles. The number of nitrogens with one attached hydrogen (secondary N) is 1. The Morgan fingerprint density at radius 2 is 1.66 bits per heavy atom. The molecule has 1 N–H and O–H groups in total. The number of hydrogen-bond donors (Lipinski definition) is 1. The van der Waals surface area contributed by atoms with E-state index in [1.54, 1.807) is 12.1 Å². The summed E-state index contributed by atoms with van der Waals surface area (Å²) < 4.78 is 45.0. The fraction of sp³-hybridized carbons (Fsp3) is 0.333. The van der Waals surface area contributed by atoms with Gasteiger partial charge in [-0.05, 0) is 25.1 Å². The van der Waals surface area contributed by atoms with Gasteiger partial charge < -0.3 is 10.1 Å². The van der Waals surface area contributed by atoms with Crippen LogP contribution in [0.15, 0.2) is 60.7 Å². The second-order valence-corrected chi connectivity index (χ2v) is 7.64. The zero-order chi connectivity index (χ0) is 22.4. The molecule has 0 atom stereocenters. The zero-order valence-corrected chi connectivity index (χ0v) is 17.6. The Morgan fingerprint density at radius 3 is 2.41 bits per heavy atom. The highest BCUT2D eigenvalue weighted by molar-refractivity contribution is 5.68. The third-order valence-corrected chi connectivity index (χ3v) is 5.30. The van der Waals surface area contributed by atoms with Crippen molar-refractivity contribution in [3.63, 3.8) is 0 Å². The fourth-order valence-corrected chi connectivity index (χ4v) is 3.60. The van der Waals surface area contributed by atoms with Crippen molar-refractivity contribution in [1.29, 1.82) is 0 Å². The first kappa shape index (κ1) is 22.2. The van der Waals surface area contributed by atoms with Crippen molar-refractivity contribution in [3.8, 4) is 22.6 Å². The summed E-state index contributed by atoms with van der Waals surface area (Å²) in [5, 5.41) is 3.32. The lowest BCUT2D eigenvalue weighted by atomic mass is 10.1. The summed E-state index contributed by atoms with van der Waals surface area (Å²) in [4.78, 5) is 11.5. The molecule has 1 aliphatic heterocycles. The van der Waals surface area contributed by atoms with E-state index >= 15 is 0 Å². The lowest BCUT2D eigenvalue weighted by Gasteiger charge is -2.26. The summed E-state index contributed by atoms with van der Waals surface area (Å²) in [5.41, 5.74) is 0.948. The second kappa shape index (κ2) is 10.1. The van der Waals surface area contributed by atoms with Gasteiger partial charge in [-0.3, -0.25) is 4.90 Å². The average molecular weight is 442 g/mol. The van der Waals surface area contributed by atoms with E-state index < -0.39 is 11.7 Å². The van der Waals surface area contributed by atoms with Crippen molar-refractivity contribution in [2.24, 2.45) is 0 Å². The molecule has 0 aliphatic carbocycles. The standard InChI is InChI=1S/C24H25F3N4O/c25-24(26,27)20-9-4-8-19(16-20)21-17-22(28-10-5-11-31-12-14-32-15-13-31)30-23(29-21)18-6-2-1-3-7-18/h1-4,6-9,16-17H,5,10-15H2,(H,28,29,30). The molecule has 4 rings (SSSR count). The molecule has 168 valence electrons. The van der Waals surface area contributed by atoms with Crippen molar-refractivity contribution in [2.45, 2.75) is 12.6 Å². The minimum absolute atomic E-state index is 0.399. The van der Waals surface area contributed by atoms with Gasteiger partial charge in [0, 0.05) is 36.8 Å². The molecule has 8 heteroatoms. The Bertz CT molecular complexity index is 1020. The molecule has 0 radical (unpaired) electrons. The van der Waals surface area contributed by atoms with Crippen molar-refractivity contribution in [3.05, 3.63) is 66.2 Å². The van der Waals surface area contributed by atoms with Gasteiger partial charge in [-0.25, -0.2) is 9.97 Å². The van der Waals surface area contributed by atoms with Crippen LogP contribution >= 0.6 is 0 Å². The molecular weight excluding hydrogens is 417 g/mol. The average Bonchev–Trinajstić information content (AvgIpc) is 2.82. The SMILES string of the molecule is FC(F)(F)c1cccc(-c2cc(NCCCN3CCOCC3)nc(-c3ccccc3)n2)c1. The number of rotatable bonds is 7. The molecule has 5 nitrogen and oxygen atoms in total. The molecule has 3 aromatic rings. The van der Waals surface area contributed by atoms with Crippen LogP contribution in [0.1, 0.15) is 12.0 Å². The maximum absolute atomic E-state index is 13.2. The minimum Gasteiger partial charge on any atom is -0.379 e. The number of anilines is 1. The van der Waals surface area contributed by atoms with Crippen LogP contribution in [-0.2, 0) is 10.9 Å². The number of morpholine rings is 1. The third-order valence-electron chi connectivity index (χ3n) is 5.30. The van der Waals surface area contributed by atoms with Gasteiger partial charge >= 0.3 is 6.18 Å². The number of ether oxygens (including phenoxy) is 1. The smallest absolute Gasteiger partial charge is 0.379 e. The van der Waals surface area contributed by atoms with Crippen LogP contribution in [0.25, 0.3) is 22.6 Å². The van der Waals surface area contributed by atoms with Gasteiger partial charge in [-0.1, -0.05) is 42.5 Å². The van der Waals surface area contributed by atoms with Crippen LogP contribution < -0.4 is 5.32 Å². The molecule has 2 aromatic carbocycles. The first-order valence-electron chi connectivity index (χ1n) is 10.7. The van der Waals surface area contributed by atoms with Gasteiger partial charge in [0.1, 0.15) is 5.82 Å². The molecule has 0 amide bonds. The predicted molar refractivity (Wildman–Crippen MR) is 118 cm³/mol. The monoisotopic (exact) mass is 442 g/mol. The Morgan fingerprint density at radius 1 is 0.906 bits per heavy atom. The van der Waals surface area contributed by atoms with E-state index in [0.29, 0.717) is 29.4 Å². The number of benzene rings is 2. The Kier molecular flexibility index (Phi) is 7.02. The van der Waals surface area contributed by atoms with E-state index in [2.05, 4.69) is 20.2 Å². The van der Waals surface area contributed by atoms with E-state index in [-0.39, 0.29) is 0 Å². The highest BCUT2D eigenvalue weighted by Crippen LogP contribution is 2.32.